The van der Waals surface area contributed by atoms with E-state index in [1.165, 1.54) is 0 Å². The molecular weight excluding hydrogens is 266 g/mol. The second kappa shape index (κ2) is 6.26. The summed E-state index contributed by atoms with van der Waals surface area (Å²) in [5, 5.41) is 4.22. The van der Waals surface area contributed by atoms with Gasteiger partial charge in [-0.05, 0) is 50.9 Å². The zero-order valence-electron chi connectivity index (χ0n) is 11.6. The van der Waals surface area contributed by atoms with Crippen molar-refractivity contribution in [1.82, 2.24) is 0 Å². The Balaban J connectivity index is 2.97. The normalized spacial score (nSPS) is 14.6. The van der Waals surface area contributed by atoms with E-state index in [9.17, 15) is 0 Å². The summed E-state index contributed by atoms with van der Waals surface area (Å²) in [5.41, 5.74) is 8.01. The molecule has 104 valence electrons. The smallest absolute Gasteiger partial charge is 0.131 e. The van der Waals surface area contributed by atoms with Crippen LogP contribution in [0.1, 0.15) is 33.3 Å². The maximum Gasteiger partial charge on any atom is 0.131 e. The van der Waals surface area contributed by atoms with Crippen molar-refractivity contribution < 1.29 is 9.78 Å². The first-order valence-corrected chi connectivity index (χ1v) is 6.28. The lowest BCUT2D eigenvalue weighted by atomic mass is 9.96. The van der Waals surface area contributed by atoms with Gasteiger partial charge < -0.3 is 0 Å². The Morgan fingerprint density at radius 3 is 2.21 bits per heavy atom. The topological polar surface area (TPSA) is 67.2 Å². The van der Waals surface area contributed by atoms with Crippen molar-refractivity contribution in [3.8, 4) is 0 Å². The fourth-order valence-corrected chi connectivity index (χ4v) is 1.48. The van der Waals surface area contributed by atoms with Gasteiger partial charge in [-0.1, -0.05) is 28.8 Å². The van der Waals surface area contributed by atoms with E-state index in [0.717, 1.165) is 5.56 Å². The molecular formula is C13H18ClN3O2. The summed E-state index contributed by atoms with van der Waals surface area (Å²) >= 11 is 5.86. The molecule has 0 N–H and O–H groups in total. The van der Waals surface area contributed by atoms with E-state index in [1.807, 2.05) is 32.9 Å². The predicted octanol–water partition coefficient (Wildman–Crippen LogP) is 4.61. The highest BCUT2D eigenvalue weighted by Crippen LogP contribution is 2.29. The molecule has 1 atom stereocenters. The van der Waals surface area contributed by atoms with E-state index in [1.54, 1.807) is 19.1 Å². The van der Waals surface area contributed by atoms with Gasteiger partial charge in [0.1, 0.15) is 5.60 Å². The van der Waals surface area contributed by atoms with Gasteiger partial charge in [-0.3, -0.25) is 0 Å². The third-order valence-corrected chi connectivity index (χ3v) is 2.62. The second-order valence-electron chi connectivity index (χ2n) is 5.41. The molecule has 0 radical (unpaired) electrons. The number of hydrogen-bond donors (Lipinski definition) is 0. The first kappa shape index (κ1) is 15.8. The highest BCUT2D eigenvalue weighted by Gasteiger charge is 2.30. The van der Waals surface area contributed by atoms with E-state index in [4.69, 9.17) is 26.9 Å². The van der Waals surface area contributed by atoms with Crippen LogP contribution in [0.2, 0.25) is 5.02 Å². The number of azide groups is 1. The standard InChI is InChI=1S/C13H18ClN3O2/c1-12(2,3)18-19-13(4,9-16-17-15)10-5-7-11(14)8-6-10/h5-8H,9H2,1-4H3. The molecule has 1 unspecified atom stereocenters. The minimum Gasteiger partial charge on any atom is -0.230 e. The second-order valence-corrected chi connectivity index (χ2v) is 5.84. The summed E-state index contributed by atoms with van der Waals surface area (Å²) in [6.45, 7) is 7.56. The van der Waals surface area contributed by atoms with E-state index in [0.29, 0.717) is 5.02 Å². The molecule has 0 spiro atoms. The van der Waals surface area contributed by atoms with Gasteiger partial charge in [0.25, 0.3) is 0 Å². The molecule has 0 saturated carbocycles. The van der Waals surface area contributed by atoms with Crippen molar-refractivity contribution in [2.45, 2.75) is 38.9 Å². The zero-order chi connectivity index (χ0) is 14.5. The minimum atomic E-state index is -0.857. The van der Waals surface area contributed by atoms with Gasteiger partial charge in [0.2, 0.25) is 0 Å². The number of halogens is 1. The molecule has 1 aromatic rings. The van der Waals surface area contributed by atoms with Crippen LogP contribution in [0.3, 0.4) is 0 Å². The fraction of sp³-hybridized carbons (Fsp3) is 0.538. The Labute approximate surface area is 118 Å². The molecule has 0 saturated heterocycles. The Hall–Kier alpha value is -1.26. The molecule has 0 amide bonds. The van der Waals surface area contributed by atoms with Crippen LogP contribution in [0.15, 0.2) is 29.4 Å². The maximum atomic E-state index is 8.49. The predicted molar refractivity (Wildman–Crippen MR) is 74.7 cm³/mol. The number of rotatable bonds is 5. The van der Waals surface area contributed by atoms with Gasteiger partial charge in [-0.2, -0.15) is 0 Å². The van der Waals surface area contributed by atoms with Gasteiger partial charge in [0, 0.05) is 9.93 Å². The lowest BCUT2D eigenvalue weighted by Gasteiger charge is -2.31. The van der Waals surface area contributed by atoms with Crippen molar-refractivity contribution in [1.29, 1.82) is 0 Å². The third-order valence-electron chi connectivity index (χ3n) is 2.37. The molecule has 0 fully saturated rings. The van der Waals surface area contributed by atoms with Gasteiger partial charge in [0.15, 0.2) is 0 Å². The van der Waals surface area contributed by atoms with Gasteiger partial charge in [0.05, 0.1) is 12.1 Å². The fourth-order valence-electron chi connectivity index (χ4n) is 1.35. The Kier molecular flexibility index (Phi) is 5.20. The van der Waals surface area contributed by atoms with Gasteiger partial charge in [-0.25, -0.2) is 9.78 Å². The monoisotopic (exact) mass is 283 g/mol. The van der Waals surface area contributed by atoms with Gasteiger partial charge in [-0.15, -0.1) is 0 Å². The highest BCUT2D eigenvalue weighted by molar-refractivity contribution is 6.30. The average molecular weight is 284 g/mol. The van der Waals surface area contributed by atoms with Gasteiger partial charge >= 0.3 is 0 Å². The molecule has 0 aliphatic heterocycles. The van der Waals surface area contributed by atoms with Crippen LogP contribution in [0.4, 0.5) is 0 Å². The summed E-state index contributed by atoms with van der Waals surface area (Å²) in [5.74, 6) is 0. The lowest BCUT2D eigenvalue weighted by Crippen LogP contribution is -2.33. The Morgan fingerprint density at radius 2 is 1.74 bits per heavy atom. The zero-order valence-corrected chi connectivity index (χ0v) is 12.3. The van der Waals surface area contributed by atoms with Crippen molar-refractivity contribution in [3.05, 3.63) is 45.3 Å². The maximum absolute atomic E-state index is 8.49. The molecule has 0 bridgehead atoms. The molecule has 0 heterocycles. The van der Waals surface area contributed by atoms with Crippen LogP contribution in [0, 0.1) is 0 Å². The van der Waals surface area contributed by atoms with Crippen molar-refractivity contribution in [3.63, 3.8) is 0 Å². The summed E-state index contributed by atoms with van der Waals surface area (Å²) in [7, 11) is 0. The molecule has 5 nitrogen and oxygen atoms in total. The molecule has 6 heteroatoms. The number of benzene rings is 1. The van der Waals surface area contributed by atoms with Crippen LogP contribution in [-0.2, 0) is 15.4 Å². The highest BCUT2D eigenvalue weighted by atomic mass is 35.5. The number of nitrogens with zero attached hydrogens (tertiary/aromatic N) is 3. The van der Waals surface area contributed by atoms with Crippen LogP contribution in [0.5, 0.6) is 0 Å². The molecule has 0 aliphatic rings. The quantitative estimate of drug-likeness (QED) is 0.260. The van der Waals surface area contributed by atoms with Crippen molar-refractivity contribution in [2.75, 3.05) is 6.54 Å². The summed E-state index contributed by atoms with van der Waals surface area (Å²) < 4.78 is 0. The SMILES string of the molecule is CC(C)(C)OOC(C)(CN=[N+]=[N-])c1ccc(Cl)cc1. The average Bonchev–Trinajstić information content (AvgIpc) is 2.34. The lowest BCUT2D eigenvalue weighted by molar-refractivity contribution is -0.403. The van der Waals surface area contributed by atoms with E-state index >= 15 is 0 Å². The third kappa shape index (κ3) is 5.09. The summed E-state index contributed by atoms with van der Waals surface area (Å²) in [6, 6.07) is 7.15. The van der Waals surface area contributed by atoms with Crippen LogP contribution in [0.25, 0.3) is 10.4 Å². The largest absolute Gasteiger partial charge is 0.230 e. The summed E-state index contributed by atoms with van der Waals surface area (Å²) in [4.78, 5) is 13.6. The molecule has 0 aliphatic carbocycles. The van der Waals surface area contributed by atoms with Crippen LogP contribution in [-0.4, -0.2) is 12.1 Å². The molecule has 1 aromatic carbocycles. The van der Waals surface area contributed by atoms with E-state index in [-0.39, 0.29) is 6.54 Å². The first-order chi connectivity index (χ1) is 8.77. The minimum absolute atomic E-state index is 0.126. The van der Waals surface area contributed by atoms with Crippen LogP contribution >= 0.6 is 11.6 Å². The first-order valence-electron chi connectivity index (χ1n) is 5.91. The van der Waals surface area contributed by atoms with Crippen molar-refractivity contribution in [2.24, 2.45) is 5.11 Å². The summed E-state index contributed by atoms with van der Waals surface area (Å²) in [6.07, 6.45) is 0. The Bertz CT molecular complexity index is 464. The Morgan fingerprint density at radius 1 is 1.16 bits per heavy atom. The van der Waals surface area contributed by atoms with E-state index in [2.05, 4.69) is 10.0 Å². The van der Waals surface area contributed by atoms with Crippen molar-refractivity contribution >= 4 is 11.6 Å². The number of hydrogen-bond acceptors (Lipinski definition) is 3. The molecule has 19 heavy (non-hydrogen) atoms. The molecule has 0 aromatic heterocycles. The van der Waals surface area contributed by atoms with E-state index < -0.39 is 11.2 Å². The molecule has 1 rings (SSSR count). The van der Waals surface area contributed by atoms with Crippen LogP contribution < -0.4 is 0 Å².